The van der Waals surface area contributed by atoms with Gasteiger partial charge in [0.2, 0.25) is 0 Å². The molecule has 0 aliphatic heterocycles. The van der Waals surface area contributed by atoms with Crippen molar-refractivity contribution in [3.8, 4) is 0 Å². The second-order valence-electron chi connectivity index (χ2n) is 3.77. The van der Waals surface area contributed by atoms with Crippen molar-refractivity contribution in [1.82, 2.24) is 0 Å². The van der Waals surface area contributed by atoms with Crippen molar-refractivity contribution in [3.63, 3.8) is 0 Å². The van der Waals surface area contributed by atoms with Gasteiger partial charge in [-0.15, -0.1) is 0 Å². The van der Waals surface area contributed by atoms with E-state index in [4.69, 9.17) is 5.73 Å². The van der Waals surface area contributed by atoms with E-state index < -0.39 is 0 Å². The van der Waals surface area contributed by atoms with Crippen LogP contribution < -0.4 is 5.73 Å². The number of allylic oxidation sites excluding steroid dienone is 1. The molecule has 1 heteroatoms. The minimum atomic E-state index is 0.815. The molecule has 0 heterocycles. The molecule has 2 unspecified atom stereocenters. The fourth-order valence-corrected chi connectivity index (χ4v) is 1.56. The summed E-state index contributed by atoms with van der Waals surface area (Å²) in [5.74, 6) is 1.64. The van der Waals surface area contributed by atoms with Crippen molar-refractivity contribution >= 4 is 0 Å². The predicted molar refractivity (Wildman–Crippen MR) is 55.8 cm³/mol. The van der Waals surface area contributed by atoms with Crippen LogP contribution in [0.15, 0.2) is 11.8 Å². The minimum absolute atomic E-state index is 0.815. The SMILES string of the molecule is CCC(C)C(CC)C/C(C)=C\N. The van der Waals surface area contributed by atoms with Gasteiger partial charge in [-0.05, 0) is 31.4 Å². The van der Waals surface area contributed by atoms with E-state index in [1.165, 1.54) is 24.8 Å². The molecule has 0 aliphatic carbocycles. The number of hydrogen-bond donors (Lipinski definition) is 1. The molecule has 1 nitrogen and oxygen atoms in total. The molecule has 2 atom stereocenters. The summed E-state index contributed by atoms with van der Waals surface area (Å²) in [6.45, 7) is 8.97. The average Bonchev–Trinajstić information content (AvgIpc) is 2.12. The van der Waals surface area contributed by atoms with E-state index in [0.717, 1.165) is 11.8 Å². The summed E-state index contributed by atoms with van der Waals surface area (Å²) >= 11 is 0. The van der Waals surface area contributed by atoms with Crippen LogP contribution in [0.25, 0.3) is 0 Å². The lowest BCUT2D eigenvalue weighted by atomic mass is 9.85. The van der Waals surface area contributed by atoms with Crippen molar-refractivity contribution in [2.75, 3.05) is 0 Å². The summed E-state index contributed by atoms with van der Waals surface area (Å²) in [6, 6.07) is 0. The molecule has 0 aromatic heterocycles. The molecule has 0 aromatic rings. The molecule has 0 saturated carbocycles. The second kappa shape index (κ2) is 6.10. The summed E-state index contributed by atoms with van der Waals surface area (Å²) in [4.78, 5) is 0. The first-order valence-electron chi connectivity index (χ1n) is 5.03. The molecule has 0 radical (unpaired) electrons. The molecule has 72 valence electrons. The Labute approximate surface area is 77.0 Å². The zero-order chi connectivity index (χ0) is 9.56. The van der Waals surface area contributed by atoms with Gasteiger partial charge in [0, 0.05) is 0 Å². The summed E-state index contributed by atoms with van der Waals surface area (Å²) in [5.41, 5.74) is 6.78. The highest BCUT2D eigenvalue weighted by molar-refractivity contribution is 4.96. The lowest BCUT2D eigenvalue weighted by molar-refractivity contribution is 0.335. The zero-order valence-electron chi connectivity index (χ0n) is 8.93. The molecule has 0 fully saturated rings. The van der Waals surface area contributed by atoms with Gasteiger partial charge in [0.15, 0.2) is 0 Å². The summed E-state index contributed by atoms with van der Waals surface area (Å²) in [6.07, 6.45) is 5.45. The van der Waals surface area contributed by atoms with Crippen LogP contribution in [0.5, 0.6) is 0 Å². The van der Waals surface area contributed by atoms with Gasteiger partial charge in [0.05, 0.1) is 0 Å². The Kier molecular flexibility index (Phi) is 5.87. The van der Waals surface area contributed by atoms with E-state index >= 15 is 0 Å². The largest absolute Gasteiger partial charge is 0.405 e. The van der Waals surface area contributed by atoms with Crippen LogP contribution in [-0.2, 0) is 0 Å². The third-order valence-corrected chi connectivity index (χ3v) is 2.84. The molecule has 0 rings (SSSR count). The lowest BCUT2D eigenvalue weighted by Gasteiger charge is -2.21. The van der Waals surface area contributed by atoms with Crippen LogP contribution >= 0.6 is 0 Å². The third-order valence-electron chi connectivity index (χ3n) is 2.84. The summed E-state index contributed by atoms with van der Waals surface area (Å²) in [7, 11) is 0. The topological polar surface area (TPSA) is 26.0 Å². The zero-order valence-corrected chi connectivity index (χ0v) is 8.93. The number of hydrogen-bond acceptors (Lipinski definition) is 1. The molecule has 0 aromatic carbocycles. The standard InChI is InChI=1S/C11H23N/c1-5-10(4)11(6-2)7-9(3)8-12/h8,10-11H,5-7,12H2,1-4H3/b9-8-. The number of rotatable bonds is 5. The highest BCUT2D eigenvalue weighted by Crippen LogP contribution is 2.24. The first-order chi connectivity index (χ1) is 5.65. The average molecular weight is 169 g/mol. The molecular weight excluding hydrogens is 146 g/mol. The van der Waals surface area contributed by atoms with E-state index in [1.807, 2.05) is 0 Å². The van der Waals surface area contributed by atoms with Crippen molar-refractivity contribution in [3.05, 3.63) is 11.8 Å². The molecule has 0 bridgehead atoms. The van der Waals surface area contributed by atoms with Crippen LogP contribution in [0.4, 0.5) is 0 Å². The maximum Gasteiger partial charge on any atom is -0.00732 e. The van der Waals surface area contributed by atoms with Gasteiger partial charge < -0.3 is 5.73 Å². The van der Waals surface area contributed by atoms with Crippen molar-refractivity contribution in [2.24, 2.45) is 17.6 Å². The van der Waals surface area contributed by atoms with Gasteiger partial charge in [-0.3, -0.25) is 0 Å². The highest BCUT2D eigenvalue weighted by Gasteiger charge is 2.13. The third kappa shape index (κ3) is 3.80. The molecular formula is C11H23N. The van der Waals surface area contributed by atoms with Crippen molar-refractivity contribution in [2.45, 2.75) is 47.0 Å². The monoisotopic (exact) mass is 169 g/mol. The summed E-state index contributed by atoms with van der Waals surface area (Å²) < 4.78 is 0. The smallest absolute Gasteiger partial charge is 0.00732 e. The van der Waals surface area contributed by atoms with E-state index in [9.17, 15) is 0 Å². The van der Waals surface area contributed by atoms with Gasteiger partial charge in [0.1, 0.15) is 0 Å². The van der Waals surface area contributed by atoms with Crippen LogP contribution in [-0.4, -0.2) is 0 Å². The molecule has 12 heavy (non-hydrogen) atoms. The fourth-order valence-electron chi connectivity index (χ4n) is 1.56. The first-order valence-corrected chi connectivity index (χ1v) is 5.03. The second-order valence-corrected chi connectivity index (χ2v) is 3.77. The van der Waals surface area contributed by atoms with Gasteiger partial charge in [-0.1, -0.05) is 39.2 Å². The van der Waals surface area contributed by atoms with Gasteiger partial charge in [-0.2, -0.15) is 0 Å². The normalized spacial score (nSPS) is 17.5. The van der Waals surface area contributed by atoms with Gasteiger partial charge >= 0.3 is 0 Å². The Morgan fingerprint density at radius 3 is 2.25 bits per heavy atom. The van der Waals surface area contributed by atoms with E-state index in [-0.39, 0.29) is 0 Å². The predicted octanol–water partition coefficient (Wildman–Crippen LogP) is 3.31. The Hall–Kier alpha value is -0.460. The maximum absolute atomic E-state index is 5.45. The van der Waals surface area contributed by atoms with Crippen molar-refractivity contribution < 1.29 is 0 Å². The minimum Gasteiger partial charge on any atom is -0.405 e. The van der Waals surface area contributed by atoms with Crippen molar-refractivity contribution in [1.29, 1.82) is 0 Å². The van der Waals surface area contributed by atoms with Gasteiger partial charge in [0.25, 0.3) is 0 Å². The Bertz CT molecular complexity index is 138. The number of nitrogens with two attached hydrogens (primary N) is 1. The first kappa shape index (κ1) is 11.5. The van der Waals surface area contributed by atoms with Crippen LogP contribution in [0.1, 0.15) is 47.0 Å². The Balaban J connectivity index is 3.99. The van der Waals surface area contributed by atoms with Crippen LogP contribution in [0.2, 0.25) is 0 Å². The quantitative estimate of drug-likeness (QED) is 0.671. The van der Waals surface area contributed by atoms with E-state index in [2.05, 4.69) is 27.7 Å². The summed E-state index contributed by atoms with van der Waals surface area (Å²) in [5, 5.41) is 0. The lowest BCUT2D eigenvalue weighted by Crippen LogP contribution is -2.10. The maximum atomic E-state index is 5.45. The van der Waals surface area contributed by atoms with Crippen LogP contribution in [0, 0.1) is 11.8 Å². The molecule has 0 amide bonds. The Morgan fingerprint density at radius 2 is 1.92 bits per heavy atom. The molecule has 0 aliphatic rings. The fraction of sp³-hybridized carbons (Fsp3) is 0.818. The van der Waals surface area contributed by atoms with E-state index in [1.54, 1.807) is 6.20 Å². The van der Waals surface area contributed by atoms with Gasteiger partial charge in [-0.25, -0.2) is 0 Å². The Morgan fingerprint density at radius 1 is 1.33 bits per heavy atom. The highest BCUT2D eigenvalue weighted by atomic mass is 14.5. The molecule has 0 saturated heterocycles. The molecule has 2 N–H and O–H groups in total. The van der Waals surface area contributed by atoms with Crippen LogP contribution in [0.3, 0.4) is 0 Å². The molecule has 0 spiro atoms. The van der Waals surface area contributed by atoms with E-state index in [0.29, 0.717) is 0 Å².